The molecule has 0 spiro atoms. The molecule has 0 saturated carbocycles. The fourth-order valence-electron chi connectivity index (χ4n) is 2.13. The van der Waals surface area contributed by atoms with E-state index in [1.807, 2.05) is 13.0 Å². The van der Waals surface area contributed by atoms with Gasteiger partial charge in [-0.25, -0.2) is 14.1 Å². The summed E-state index contributed by atoms with van der Waals surface area (Å²) in [5.41, 5.74) is 2.03. The van der Waals surface area contributed by atoms with Crippen LogP contribution in [0.25, 0.3) is 5.82 Å². The predicted octanol–water partition coefficient (Wildman–Crippen LogP) is 3.30. The number of nitrogens with one attached hydrogen (secondary N) is 1. The van der Waals surface area contributed by atoms with Gasteiger partial charge in [0.05, 0.1) is 16.3 Å². The second-order valence-electron chi connectivity index (χ2n) is 5.24. The summed E-state index contributed by atoms with van der Waals surface area (Å²) in [5, 5.41) is 7.03. The normalized spacial score (nSPS) is 10.6. The highest BCUT2D eigenvalue weighted by atomic mass is 35.5. The Morgan fingerprint density at radius 3 is 2.75 bits per heavy atom. The summed E-state index contributed by atoms with van der Waals surface area (Å²) in [6.07, 6.45) is 3.29. The van der Waals surface area contributed by atoms with Crippen molar-refractivity contribution in [1.82, 2.24) is 20.1 Å². The number of hydrogen-bond acceptors (Lipinski definition) is 3. The molecular formula is C17H14ClFN4O. The number of carbonyl (C=O) groups is 1. The summed E-state index contributed by atoms with van der Waals surface area (Å²) in [6.45, 7) is 2.14. The number of rotatable bonds is 4. The first-order chi connectivity index (χ1) is 11.5. The molecule has 2 heterocycles. The van der Waals surface area contributed by atoms with Crippen LogP contribution in [0.2, 0.25) is 5.02 Å². The Balaban J connectivity index is 1.65. The zero-order valence-electron chi connectivity index (χ0n) is 12.8. The molecule has 24 heavy (non-hydrogen) atoms. The number of carbonyl (C=O) groups excluding carboxylic acids is 1. The van der Waals surface area contributed by atoms with E-state index >= 15 is 0 Å². The van der Waals surface area contributed by atoms with Crippen LogP contribution in [0.15, 0.2) is 48.8 Å². The predicted molar refractivity (Wildman–Crippen MR) is 88.7 cm³/mol. The van der Waals surface area contributed by atoms with Gasteiger partial charge in [0.1, 0.15) is 5.82 Å². The van der Waals surface area contributed by atoms with Crippen LogP contribution < -0.4 is 5.32 Å². The number of benzene rings is 1. The highest BCUT2D eigenvalue weighted by Gasteiger charge is 2.08. The lowest BCUT2D eigenvalue weighted by molar-refractivity contribution is 0.0950. The van der Waals surface area contributed by atoms with Crippen molar-refractivity contribution < 1.29 is 9.18 Å². The largest absolute Gasteiger partial charge is 0.348 e. The molecule has 0 aliphatic rings. The molecular weight excluding hydrogens is 331 g/mol. The molecule has 0 aliphatic heterocycles. The van der Waals surface area contributed by atoms with E-state index < -0.39 is 5.82 Å². The lowest BCUT2D eigenvalue weighted by Gasteiger charge is -2.07. The molecule has 0 radical (unpaired) electrons. The Bertz CT molecular complexity index is 877. The second-order valence-corrected chi connectivity index (χ2v) is 5.65. The highest BCUT2D eigenvalue weighted by molar-refractivity contribution is 6.30. The third-order valence-corrected chi connectivity index (χ3v) is 3.69. The van der Waals surface area contributed by atoms with Gasteiger partial charge in [0, 0.05) is 18.9 Å². The van der Waals surface area contributed by atoms with Crippen LogP contribution in [0.1, 0.15) is 21.6 Å². The number of pyridine rings is 1. The average Bonchev–Trinajstić information content (AvgIpc) is 3.02. The zero-order chi connectivity index (χ0) is 17.1. The van der Waals surface area contributed by atoms with E-state index in [0.29, 0.717) is 16.9 Å². The van der Waals surface area contributed by atoms with Crippen molar-refractivity contribution in [2.24, 2.45) is 0 Å². The standard InChI is InChI=1S/C17H14ClFN4O/c1-11-6-7-23(22-11)16-5-3-13(10-20-16)17(24)21-9-12-2-4-15(19)14(18)8-12/h2-8,10H,9H2,1H3,(H,21,24). The third kappa shape index (κ3) is 3.60. The maximum absolute atomic E-state index is 13.1. The molecule has 7 heteroatoms. The van der Waals surface area contributed by atoms with Gasteiger partial charge in [-0.15, -0.1) is 0 Å². The van der Waals surface area contributed by atoms with Gasteiger partial charge in [-0.2, -0.15) is 5.10 Å². The van der Waals surface area contributed by atoms with Crippen LogP contribution in [0, 0.1) is 12.7 Å². The highest BCUT2D eigenvalue weighted by Crippen LogP contribution is 2.16. The number of aromatic nitrogens is 3. The summed E-state index contributed by atoms with van der Waals surface area (Å²) in [5.74, 6) is -0.128. The van der Waals surface area contributed by atoms with Crippen molar-refractivity contribution in [1.29, 1.82) is 0 Å². The van der Waals surface area contributed by atoms with E-state index in [2.05, 4.69) is 15.4 Å². The van der Waals surface area contributed by atoms with Gasteiger partial charge in [-0.1, -0.05) is 17.7 Å². The monoisotopic (exact) mass is 344 g/mol. The van der Waals surface area contributed by atoms with Crippen molar-refractivity contribution in [2.75, 3.05) is 0 Å². The van der Waals surface area contributed by atoms with Crippen molar-refractivity contribution in [3.05, 3.63) is 76.5 Å². The van der Waals surface area contributed by atoms with Gasteiger partial charge < -0.3 is 5.32 Å². The van der Waals surface area contributed by atoms with Gasteiger partial charge in [0.15, 0.2) is 5.82 Å². The Labute approximate surface area is 143 Å². The second kappa shape index (κ2) is 6.80. The Hall–Kier alpha value is -2.73. The molecule has 3 rings (SSSR count). The minimum Gasteiger partial charge on any atom is -0.348 e. The van der Waals surface area contributed by atoms with Crippen molar-refractivity contribution in [3.63, 3.8) is 0 Å². The number of aryl methyl sites for hydroxylation is 1. The first-order valence-corrected chi connectivity index (χ1v) is 7.61. The lowest BCUT2D eigenvalue weighted by atomic mass is 10.2. The molecule has 1 aromatic carbocycles. The van der Waals surface area contributed by atoms with E-state index in [4.69, 9.17) is 11.6 Å². The molecule has 5 nitrogen and oxygen atoms in total. The van der Waals surface area contributed by atoms with Crippen LogP contribution in [0.5, 0.6) is 0 Å². The van der Waals surface area contributed by atoms with Crippen molar-refractivity contribution in [3.8, 4) is 5.82 Å². The Morgan fingerprint density at radius 2 is 2.12 bits per heavy atom. The fraction of sp³-hybridized carbons (Fsp3) is 0.118. The Morgan fingerprint density at radius 1 is 1.29 bits per heavy atom. The molecule has 0 bridgehead atoms. The Kier molecular flexibility index (Phi) is 4.57. The first-order valence-electron chi connectivity index (χ1n) is 7.24. The lowest BCUT2D eigenvalue weighted by Crippen LogP contribution is -2.23. The molecule has 1 amide bonds. The minimum absolute atomic E-state index is 0.0299. The van der Waals surface area contributed by atoms with Crippen LogP contribution in [-0.2, 0) is 6.54 Å². The van der Waals surface area contributed by atoms with E-state index in [9.17, 15) is 9.18 Å². The van der Waals surface area contributed by atoms with Gasteiger partial charge in [0.25, 0.3) is 5.91 Å². The van der Waals surface area contributed by atoms with Gasteiger partial charge in [-0.05, 0) is 42.8 Å². The molecule has 0 fully saturated rings. The van der Waals surface area contributed by atoms with Crippen LogP contribution in [0.3, 0.4) is 0 Å². The van der Waals surface area contributed by atoms with Gasteiger partial charge in [-0.3, -0.25) is 4.79 Å². The molecule has 3 aromatic rings. The summed E-state index contributed by atoms with van der Waals surface area (Å²) in [6, 6.07) is 9.59. The van der Waals surface area contributed by atoms with E-state index in [1.165, 1.54) is 18.3 Å². The van der Waals surface area contributed by atoms with Crippen LogP contribution in [0.4, 0.5) is 4.39 Å². The van der Waals surface area contributed by atoms with E-state index in [-0.39, 0.29) is 17.5 Å². The number of amides is 1. The van der Waals surface area contributed by atoms with Gasteiger partial charge in [0.2, 0.25) is 0 Å². The molecule has 122 valence electrons. The van der Waals surface area contributed by atoms with Crippen molar-refractivity contribution in [2.45, 2.75) is 13.5 Å². The summed E-state index contributed by atoms with van der Waals surface area (Å²) in [4.78, 5) is 16.4. The molecule has 2 aromatic heterocycles. The third-order valence-electron chi connectivity index (χ3n) is 3.40. The molecule has 1 N–H and O–H groups in total. The topological polar surface area (TPSA) is 59.8 Å². The van der Waals surface area contributed by atoms with Crippen LogP contribution in [-0.4, -0.2) is 20.7 Å². The SMILES string of the molecule is Cc1ccn(-c2ccc(C(=O)NCc3ccc(F)c(Cl)c3)cn2)n1. The average molecular weight is 345 g/mol. The molecule has 0 unspecified atom stereocenters. The van der Waals surface area contributed by atoms with E-state index in [1.54, 1.807) is 29.1 Å². The molecule has 0 aliphatic carbocycles. The number of nitrogens with zero attached hydrogens (tertiary/aromatic N) is 3. The molecule has 0 atom stereocenters. The first kappa shape index (κ1) is 16.1. The maximum atomic E-state index is 13.1. The quantitative estimate of drug-likeness (QED) is 0.790. The summed E-state index contributed by atoms with van der Waals surface area (Å²) >= 11 is 5.72. The number of halogens is 2. The maximum Gasteiger partial charge on any atom is 0.253 e. The summed E-state index contributed by atoms with van der Waals surface area (Å²) in [7, 11) is 0. The zero-order valence-corrected chi connectivity index (χ0v) is 13.6. The fourth-order valence-corrected chi connectivity index (χ4v) is 2.34. The van der Waals surface area contributed by atoms with Crippen molar-refractivity contribution >= 4 is 17.5 Å². The molecule has 0 saturated heterocycles. The number of hydrogen-bond donors (Lipinski definition) is 1. The van der Waals surface area contributed by atoms with Crippen LogP contribution >= 0.6 is 11.6 Å². The minimum atomic E-state index is -0.486. The van der Waals surface area contributed by atoms with Gasteiger partial charge >= 0.3 is 0 Å². The van der Waals surface area contributed by atoms with E-state index in [0.717, 1.165) is 5.69 Å². The smallest absolute Gasteiger partial charge is 0.253 e. The summed E-state index contributed by atoms with van der Waals surface area (Å²) < 4.78 is 14.7.